The van der Waals surface area contributed by atoms with Crippen molar-refractivity contribution in [1.82, 2.24) is 24.9 Å². The Morgan fingerprint density at radius 3 is 2.83 bits per heavy atom. The number of sulfone groups is 1. The van der Waals surface area contributed by atoms with Gasteiger partial charge in [0.2, 0.25) is 5.82 Å². The van der Waals surface area contributed by atoms with Gasteiger partial charge in [-0.05, 0) is 38.1 Å². The van der Waals surface area contributed by atoms with Gasteiger partial charge in [-0.25, -0.2) is 22.9 Å². The van der Waals surface area contributed by atoms with Crippen molar-refractivity contribution >= 4 is 21.4 Å². The molecule has 4 rings (SSSR count). The van der Waals surface area contributed by atoms with E-state index in [1.807, 2.05) is 6.92 Å². The number of hydrogen-bond acceptors (Lipinski definition) is 8. The van der Waals surface area contributed by atoms with Gasteiger partial charge in [-0.2, -0.15) is 0 Å². The molecule has 0 aromatic carbocycles. The molecule has 0 bridgehead atoms. The maximum Gasteiger partial charge on any atom is 0.291 e. The van der Waals surface area contributed by atoms with Gasteiger partial charge in [-0.3, -0.25) is 4.79 Å². The third kappa shape index (κ3) is 3.99. The standard InChI is InChI=1S/C18H19N5O5S/c1-3-27-13-5-4-8-19-17(13)28-12-6-7-14-20-15(22-23(14)9-12)16(24)21-18(2)10-29(25,26)11-18/h4-9H,3,10-11H2,1-2H3,(H,21,24). The molecule has 0 unspecified atom stereocenters. The predicted octanol–water partition coefficient (Wildman–Crippen LogP) is 1.23. The van der Waals surface area contributed by atoms with Crippen LogP contribution in [0.3, 0.4) is 0 Å². The van der Waals surface area contributed by atoms with E-state index in [4.69, 9.17) is 9.47 Å². The summed E-state index contributed by atoms with van der Waals surface area (Å²) in [4.78, 5) is 20.8. The van der Waals surface area contributed by atoms with Crippen molar-refractivity contribution in [3.63, 3.8) is 0 Å². The molecular formula is C18H19N5O5S. The molecule has 152 valence electrons. The lowest BCUT2D eigenvalue weighted by Crippen LogP contribution is -2.63. The second kappa shape index (κ2) is 6.99. The second-order valence-corrected chi connectivity index (χ2v) is 9.06. The molecule has 1 fully saturated rings. The third-order valence-corrected chi connectivity index (χ3v) is 6.40. The van der Waals surface area contributed by atoms with Gasteiger partial charge in [0.05, 0.1) is 29.8 Å². The number of fused-ring (bicyclic) bond motifs is 1. The largest absolute Gasteiger partial charge is 0.488 e. The normalized spacial score (nSPS) is 16.8. The van der Waals surface area contributed by atoms with Gasteiger partial charge >= 0.3 is 0 Å². The van der Waals surface area contributed by atoms with Crippen LogP contribution in [0.1, 0.15) is 24.5 Å². The Morgan fingerprint density at radius 2 is 2.10 bits per heavy atom. The average Bonchev–Trinajstić information content (AvgIpc) is 3.05. The van der Waals surface area contributed by atoms with Gasteiger partial charge < -0.3 is 14.8 Å². The lowest BCUT2D eigenvalue weighted by Gasteiger charge is -2.37. The van der Waals surface area contributed by atoms with Crippen molar-refractivity contribution in [3.8, 4) is 17.4 Å². The summed E-state index contributed by atoms with van der Waals surface area (Å²) >= 11 is 0. The van der Waals surface area contributed by atoms with Crippen LogP contribution in [0.5, 0.6) is 17.4 Å². The lowest BCUT2D eigenvalue weighted by atomic mass is 10.1. The van der Waals surface area contributed by atoms with Crippen molar-refractivity contribution in [2.75, 3.05) is 18.1 Å². The van der Waals surface area contributed by atoms with Gasteiger partial charge in [-0.15, -0.1) is 5.10 Å². The Labute approximate surface area is 166 Å². The van der Waals surface area contributed by atoms with Crippen molar-refractivity contribution in [2.45, 2.75) is 19.4 Å². The maximum atomic E-state index is 12.4. The predicted molar refractivity (Wildman–Crippen MR) is 103 cm³/mol. The number of carbonyl (C=O) groups is 1. The summed E-state index contributed by atoms with van der Waals surface area (Å²) in [7, 11) is -3.08. The average molecular weight is 417 g/mol. The number of hydrogen-bond donors (Lipinski definition) is 1. The molecule has 1 saturated heterocycles. The zero-order valence-electron chi connectivity index (χ0n) is 15.8. The molecule has 1 aliphatic rings. The van der Waals surface area contributed by atoms with Crippen molar-refractivity contribution in [2.24, 2.45) is 0 Å². The molecule has 1 amide bonds. The number of carbonyl (C=O) groups excluding carboxylic acids is 1. The van der Waals surface area contributed by atoms with Crippen LogP contribution in [0, 0.1) is 0 Å². The van der Waals surface area contributed by atoms with Gasteiger partial charge in [0.15, 0.2) is 21.2 Å². The highest BCUT2D eigenvalue weighted by molar-refractivity contribution is 7.93. The highest BCUT2D eigenvalue weighted by atomic mass is 32.2. The topological polar surface area (TPSA) is 125 Å². The van der Waals surface area contributed by atoms with Crippen LogP contribution in [0.15, 0.2) is 36.7 Å². The summed E-state index contributed by atoms with van der Waals surface area (Å²) in [6.07, 6.45) is 3.16. The number of pyridine rings is 2. The number of aromatic nitrogens is 4. The molecule has 10 nitrogen and oxygen atoms in total. The van der Waals surface area contributed by atoms with Crippen molar-refractivity contribution in [3.05, 3.63) is 42.5 Å². The summed E-state index contributed by atoms with van der Waals surface area (Å²) in [5.41, 5.74) is -0.351. The van der Waals surface area contributed by atoms with E-state index >= 15 is 0 Å². The highest BCUT2D eigenvalue weighted by Crippen LogP contribution is 2.29. The lowest BCUT2D eigenvalue weighted by molar-refractivity contribution is 0.0906. The first kappa shape index (κ1) is 19.1. The van der Waals surface area contributed by atoms with Crippen molar-refractivity contribution in [1.29, 1.82) is 0 Å². The fourth-order valence-electron chi connectivity index (χ4n) is 3.18. The van der Waals surface area contributed by atoms with E-state index in [2.05, 4.69) is 20.4 Å². The maximum absolute atomic E-state index is 12.4. The third-order valence-electron chi connectivity index (χ3n) is 4.25. The zero-order chi connectivity index (χ0) is 20.6. The summed E-state index contributed by atoms with van der Waals surface area (Å²) in [6, 6.07) is 6.83. The monoisotopic (exact) mass is 417 g/mol. The van der Waals surface area contributed by atoms with Crippen LogP contribution in [0.4, 0.5) is 0 Å². The minimum Gasteiger partial charge on any atom is -0.488 e. The first-order chi connectivity index (χ1) is 13.8. The van der Waals surface area contributed by atoms with Gasteiger partial charge in [0, 0.05) is 6.20 Å². The minimum atomic E-state index is -3.08. The first-order valence-electron chi connectivity index (χ1n) is 8.92. The molecule has 0 radical (unpaired) electrons. The molecule has 3 aromatic rings. The Bertz CT molecular complexity index is 1180. The van der Waals surface area contributed by atoms with E-state index in [9.17, 15) is 13.2 Å². The molecule has 0 spiro atoms. The summed E-state index contributed by atoms with van der Waals surface area (Å²) in [6.45, 7) is 4.02. The first-order valence-corrected chi connectivity index (χ1v) is 10.7. The van der Waals surface area contributed by atoms with E-state index in [1.165, 1.54) is 4.52 Å². The number of amides is 1. The van der Waals surface area contributed by atoms with Gasteiger partial charge in [-0.1, -0.05) is 0 Å². The van der Waals surface area contributed by atoms with E-state index in [1.54, 1.807) is 43.6 Å². The molecule has 4 heterocycles. The molecule has 0 atom stereocenters. The van der Waals surface area contributed by atoms with Crippen molar-refractivity contribution < 1.29 is 22.7 Å². The Hall–Kier alpha value is -3.21. The molecular weight excluding hydrogens is 398 g/mol. The van der Waals surface area contributed by atoms with Gasteiger partial charge in [0.1, 0.15) is 5.75 Å². The number of nitrogens with zero attached hydrogens (tertiary/aromatic N) is 4. The SMILES string of the molecule is CCOc1cccnc1Oc1ccc2nc(C(=O)NC3(C)CS(=O)(=O)C3)nn2c1. The fraction of sp³-hybridized carbons (Fsp3) is 0.333. The van der Waals surface area contributed by atoms with Crippen LogP contribution in [0.25, 0.3) is 5.65 Å². The van der Waals surface area contributed by atoms with Gasteiger partial charge in [0.25, 0.3) is 11.8 Å². The molecule has 11 heteroatoms. The summed E-state index contributed by atoms with van der Waals surface area (Å²) in [5, 5.41) is 6.85. The molecule has 3 aromatic heterocycles. The molecule has 0 aliphatic carbocycles. The number of nitrogens with one attached hydrogen (secondary N) is 1. The van der Waals surface area contributed by atoms with Crippen LogP contribution < -0.4 is 14.8 Å². The number of rotatable bonds is 6. The van der Waals surface area contributed by atoms with E-state index in [0.29, 0.717) is 29.6 Å². The molecule has 1 aliphatic heterocycles. The Balaban J connectivity index is 1.53. The smallest absolute Gasteiger partial charge is 0.291 e. The number of ether oxygens (including phenoxy) is 2. The second-order valence-electron chi connectivity index (χ2n) is 6.99. The quantitative estimate of drug-likeness (QED) is 0.635. The summed E-state index contributed by atoms with van der Waals surface area (Å²) < 4.78 is 35.5. The zero-order valence-corrected chi connectivity index (χ0v) is 16.6. The van der Waals surface area contributed by atoms with Crippen LogP contribution in [-0.2, 0) is 9.84 Å². The minimum absolute atomic E-state index is 0.0551. The van der Waals surface area contributed by atoms with E-state index in [-0.39, 0.29) is 17.3 Å². The fourth-order valence-corrected chi connectivity index (χ4v) is 5.18. The Kier molecular flexibility index (Phi) is 4.61. The molecule has 0 saturated carbocycles. The van der Waals surface area contributed by atoms with E-state index < -0.39 is 21.3 Å². The molecule has 1 N–H and O–H groups in total. The van der Waals surface area contributed by atoms with E-state index in [0.717, 1.165) is 0 Å². The summed E-state index contributed by atoms with van der Waals surface area (Å²) in [5.74, 6) is 0.485. The van der Waals surface area contributed by atoms with Crippen LogP contribution >= 0.6 is 0 Å². The van der Waals surface area contributed by atoms with Crippen LogP contribution in [-0.4, -0.2) is 57.6 Å². The molecule has 29 heavy (non-hydrogen) atoms. The van der Waals surface area contributed by atoms with Crippen LogP contribution in [0.2, 0.25) is 0 Å². The Morgan fingerprint density at radius 1 is 1.31 bits per heavy atom. The highest BCUT2D eigenvalue weighted by Gasteiger charge is 2.46.